The van der Waals surface area contributed by atoms with Crippen LogP contribution in [0.3, 0.4) is 0 Å². The van der Waals surface area contributed by atoms with Gasteiger partial charge in [0.25, 0.3) is 0 Å². The maximum Gasteiger partial charge on any atom is 0.389 e. The number of anilines is 1. The van der Waals surface area contributed by atoms with Crippen molar-refractivity contribution in [2.24, 2.45) is 0 Å². The predicted octanol–water partition coefficient (Wildman–Crippen LogP) is 2.44. The smallest absolute Gasteiger partial charge is 0.358 e. The van der Waals surface area contributed by atoms with Crippen LogP contribution in [0.25, 0.3) is 0 Å². The van der Waals surface area contributed by atoms with Crippen molar-refractivity contribution in [2.45, 2.75) is 26.8 Å². The maximum absolute atomic E-state index is 11.9. The molecule has 0 radical (unpaired) electrons. The van der Waals surface area contributed by atoms with Crippen LogP contribution in [0.5, 0.6) is 0 Å². The Hall–Kier alpha value is -2.70. The SMILES string of the molecule is Cc1cccc(NC(=O)CCn2ccc([N+](=O)[O-])n2)c1C. The van der Waals surface area contributed by atoms with E-state index < -0.39 is 4.92 Å². The van der Waals surface area contributed by atoms with Gasteiger partial charge >= 0.3 is 5.82 Å². The number of aromatic nitrogens is 2. The molecule has 21 heavy (non-hydrogen) atoms. The van der Waals surface area contributed by atoms with E-state index in [1.165, 1.54) is 16.9 Å². The first kappa shape index (κ1) is 14.7. The molecule has 2 rings (SSSR count). The third-order valence-corrected chi connectivity index (χ3v) is 3.26. The quantitative estimate of drug-likeness (QED) is 0.675. The first-order valence-electron chi connectivity index (χ1n) is 6.51. The average Bonchev–Trinajstić information content (AvgIpc) is 2.91. The topological polar surface area (TPSA) is 90.1 Å². The van der Waals surface area contributed by atoms with Crippen LogP contribution in [-0.4, -0.2) is 20.6 Å². The van der Waals surface area contributed by atoms with E-state index in [4.69, 9.17) is 0 Å². The number of carbonyl (C=O) groups excluding carboxylic acids is 1. The van der Waals surface area contributed by atoms with Crippen LogP contribution < -0.4 is 5.32 Å². The molecular formula is C14H16N4O3. The number of nitro groups is 1. The summed E-state index contributed by atoms with van der Waals surface area (Å²) in [6, 6.07) is 7.02. The van der Waals surface area contributed by atoms with Gasteiger partial charge in [0.2, 0.25) is 5.91 Å². The van der Waals surface area contributed by atoms with Crippen molar-refractivity contribution in [3.05, 3.63) is 51.7 Å². The van der Waals surface area contributed by atoms with Crippen molar-refractivity contribution >= 4 is 17.4 Å². The molecule has 0 aliphatic heterocycles. The van der Waals surface area contributed by atoms with Gasteiger partial charge in [0.1, 0.15) is 0 Å². The number of benzene rings is 1. The number of hydrogen-bond donors (Lipinski definition) is 1. The number of nitrogens with zero attached hydrogens (tertiary/aromatic N) is 3. The van der Waals surface area contributed by atoms with Crippen molar-refractivity contribution in [2.75, 3.05) is 5.32 Å². The summed E-state index contributed by atoms with van der Waals surface area (Å²) in [7, 11) is 0. The highest BCUT2D eigenvalue weighted by molar-refractivity contribution is 5.91. The minimum absolute atomic E-state index is 0.151. The minimum Gasteiger partial charge on any atom is -0.358 e. The van der Waals surface area contributed by atoms with Crippen LogP contribution in [0.15, 0.2) is 30.5 Å². The summed E-state index contributed by atoms with van der Waals surface area (Å²) in [4.78, 5) is 21.9. The van der Waals surface area contributed by atoms with Crippen LogP contribution in [0.1, 0.15) is 17.5 Å². The summed E-state index contributed by atoms with van der Waals surface area (Å²) >= 11 is 0. The van der Waals surface area contributed by atoms with Gasteiger partial charge in [-0.1, -0.05) is 12.1 Å². The molecule has 0 atom stereocenters. The standard InChI is InChI=1S/C14H16N4O3/c1-10-4-3-5-12(11(10)2)15-14(19)7-9-17-8-6-13(16-17)18(20)21/h3-6,8H,7,9H2,1-2H3,(H,15,19). The highest BCUT2D eigenvalue weighted by Gasteiger charge is 2.12. The minimum atomic E-state index is -0.563. The number of amides is 1. The Bertz CT molecular complexity index is 679. The van der Waals surface area contributed by atoms with Crippen molar-refractivity contribution in [3.8, 4) is 0 Å². The normalized spacial score (nSPS) is 10.4. The Morgan fingerprint density at radius 3 is 2.81 bits per heavy atom. The third-order valence-electron chi connectivity index (χ3n) is 3.26. The monoisotopic (exact) mass is 288 g/mol. The first-order chi connectivity index (χ1) is 9.97. The average molecular weight is 288 g/mol. The Balaban J connectivity index is 1.92. The second-order valence-electron chi connectivity index (χ2n) is 4.74. The van der Waals surface area contributed by atoms with E-state index in [1.807, 2.05) is 32.0 Å². The molecule has 0 unspecified atom stereocenters. The molecule has 1 aromatic carbocycles. The van der Waals surface area contributed by atoms with Gasteiger partial charge in [0.15, 0.2) is 0 Å². The second-order valence-corrected chi connectivity index (χ2v) is 4.74. The molecule has 0 bridgehead atoms. The molecular weight excluding hydrogens is 272 g/mol. The molecule has 110 valence electrons. The fraction of sp³-hybridized carbons (Fsp3) is 0.286. The van der Waals surface area contributed by atoms with Crippen molar-refractivity contribution < 1.29 is 9.72 Å². The molecule has 1 aromatic heterocycles. The van der Waals surface area contributed by atoms with Crippen LogP contribution in [-0.2, 0) is 11.3 Å². The molecule has 1 heterocycles. The van der Waals surface area contributed by atoms with Gasteiger partial charge in [-0.25, -0.2) is 0 Å². The van der Waals surface area contributed by atoms with Crippen molar-refractivity contribution in [1.29, 1.82) is 0 Å². The third kappa shape index (κ3) is 3.65. The van der Waals surface area contributed by atoms with Crippen LogP contribution in [0, 0.1) is 24.0 Å². The van der Waals surface area contributed by atoms with Crippen LogP contribution in [0.4, 0.5) is 11.5 Å². The van der Waals surface area contributed by atoms with E-state index in [9.17, 15) is 14.9 Å². The summed E-state index contributed by atoms with van der Waals surface area (Å²) in [5.74, 6) is -0.369. The first-order valence-corrected chi connectivity index (χ1v) is 6.51. The lowest BCUT2D eigenvalue weighted by molar-refractivity contribution is -0.389. The van der Waals surface area contributed by atoms with Crippen molar-refractivity contribution in [3.63, 3.8) is 0 Å². The predicted molar refractivity (Wildman–Crippen MR) is 78.0 cm³/mol. The summed E-state index contributed by atoms with van der Waals surface area (Å²) in [5.41, 5.74) is 2.92. The number of carbonyl (C=O) groups is 1. The van der Waals surface area contributed by atoms with E-state index in [1.54, 1.807) is 0 Å². The zero-order valence-electron chi connectivity index (χ0n) is 11.9. The van der Waals surface area contributed by atoms with Gasteiger partial charge in [0.05, 0.1) is 23.9 Å². The van der Waals surface area contributed by atoms with Gasteiger partial charge in [-0.3, -0.25) is 4.79 Å². The Labute approximate surface area is 121 Å². The molecule has 0 saturated carbocycles. The molecule has 0 saturated heterocycles. The van der Waals surface area contributed by atoms with Crippen molar-refractivity contribution in [1.82, 2.24) is 9.78 Å². The van der Waals surface area contributed by atoms with Crippen LogP contribution in [0.2, 0.25) is 0 Å². The molecule has 7 nitrogen and oxygen atoms in total. The highest BCUT2D eigenvalue weighted by Crippen LogP contribution is 2.18. The number of nitrogens with one attached hydrogen (secondary N) is 1. The molecule has 1 amide bonds. The van der Waals surface area contributed by atoms with Gasteiger partial charge < -0.3 is 15.4 Å². The lowest BCUT2D eigenvalue weighted by Crippen LogP contribution is -2.15. The van der Waals surface area contributed by atoms with Crippen LogP contribution >= 0.6 is 0 Å². The highest BCUT2D eigenvalue weighted by atomic mass is 16.6. The molecule has 0 aliphatic rings. The summed E-state index contributed by atoms with van der Waals surface area (Å²) in [5, 5.41) is 17.1. The maximum atomic E-state index is 11.9. The van der Waals surface area contributed by atoms with E-state index >= 15 is 0 Å². The lowest BCUT2D eigenvalue weighted by atomic mass is 10.1. The fourth-order valence-electron chi connectivity index (χ4n) is 1.89. The number of aryl methyl sites for hydroxylation is 2. The van der Waals surface area contributed by atoms with E-state index in [0.717, 1.165) is 16.8 Å². The molecule has 0 spiro atoms. The van der Waals surface area contributed by atoms with Gasteiger partial charge in [0, 0.05) is 12.1 Å². The second kappa shape index (κ2) is 6.17. The molecule has 2 aromatic rings. The summed E-state index contributed by atoms with van der Waals surface area (Å²) < 4.78 is 1.39. The number of rotatable bonds is 5. The summed E-state index contributed by atoms with van der Waals surface area (Å²) in [6.45, 7) is 4.22. The van der Waals surface area contributed by atoms with Gasteiger partial charge in [-0.2, -0.15) is 4.68 Å². The lowest BCUT2D eigenvalue weighted by Gasteiger charge is -2.09. The largest absolute Gasteiger partial charge is 0.389 e. The van der Waals surface area contributed by atoms with E-state index in [0.29, 0.717) is 6.54 Å². The van der Waals surface area contributed by atoms with Gasteiger partial charge in [-0.05, 0) is 36.0 Å². The molecule has 0 aliphatic carbocycles. The molecule has 0 fully saturated rings. The zero-order valence-corrected chi connectivity index (χ0v) is 11.9. The zero-order chi connectivity index (χ0) is 15.4. The number of hydrogen-bond acceptors (Lipinski definition) is 4. The Kier molecular flexibility index (Phi) is 4.32. The Morgan fingerprint density at radius 2 is 2.14 bits per heavy atom. The van der Waals surface area contributed by atoms with Gasteiger partial charge in [-0.15, -0.1) is 0 Å². The Morgan fingerprint density at radius 1 is 1.38 bits per heavy atom. The van der Waals surface area contributed by atoms with E-state index in [-0.39, 0.29) is 18.1 Å². The fourth-order valence-corrected chi connectivity index (χ4v) is 1.89. The van der Waals surface area contributed by atoms with E-state index in [2.05, 4.69) is 10.4 Å². The molecule has 7 heteroatoms. The molecule has 1 N–H and O–H groups in total. The summed E-state index contributed by atoms with van der Waals surface area (Å²) in [6.07, 6.45) is 1.69.